The first-order valence-corrected chi connectivity index (χ1v) is 13.0. The minimum atomic E-state index is -1.80. The van der Waals surface area contributed by atoms with Crippen molar-refractivity contribution in [2.45, 2.75) is 26.1 Å². The molecule has 0 aliphatic rings. The number of esters is 3. The van der Waals surface area contributed by atoms with Crippen molar-refractivity contribution in [3.8, 4) is 0 Å². The Labute approximate surface area is 236 Å². The zero-order valence-electron chi connectivity index (χ0n) is 20.4. The van der Waals surface area contributed by atoms with Crippen molar-refractivity contribution in [3.05, 3.63) is 67.6 Å². The first kappa shape index (κ1) is 32.2. The maximum absolute atomic E-state index is 13.1. The fourth-order valence-electron chi connectivity index (χ4n) is 3.32. The van der Waals surface area contributed by atoms with Crippen LogP contribution in [0.25, 0.3) is 0 Å². The Kier molecular flexibility index (Phi) is 14.4. The summed E-state index contributed by atoms with van der Waals surface area (Å²) in [5, 5.41) is 0. The molecular formula is C25H29Br3O8. The minimum absolute atomic E-state index is 0.130. The smallest absolute Gasteiger partial charge is 0.330 e. The van der Waals surface area contributed by atoms with Crippen LogP contribution in [0.1, 0.15) is 23.1 Å². The molecule has 198 valence electrons. The Morgan fingerprint density at radius 1 is 0.778 bits per heavy atom. The number of carbonyl (C=O) groups excluding carboxylic acids is 3. The van der Waals surface area contributed by atoms with E-state index in [4.69, 9.17) is 18.9 Å². The lowest BCUT2D eigenvalue weighted by Gasteiger charge is -2.29. The summed E-state index contributed by atoms with van der Waals surface area (Å²) in [5.41, 5.74) is 0.252. The highest BCUT2D eigenvalue weighted by molar-refractivity contribution is 9.11. The Morgan fingerprint density at radius 2 is 1.22 bits per heavy atom. The predicted octanol–water partition coefficient (Wildman–Crippen LogP) is 5.37. The monoisotopic (exact) mass is 694 g/mol. The third kappa shape index (κ3) is 8.11. The molecule has 0 N–H and O–H groups in total. The van der Waals surface area contributed by atoms with Gasteiger partial charge in [-0.25, -0.2) is 4.79 Å². The van der Waals surface area contributed by atoms with Gasteiger partial charge in [-0.15, -0.1) is 13.2 Å². The van der Waals surface area contributed by atoms with Crippen molar-refractivity contribution in [3.63, 3.8) is 0 Å². The van der Waals surface area contributed by atoms with Crippen LogP contribution < -0.4 is 0 Å². The van der Waals surface area contributed by atoms with Crippen LogP contribution in [0.4, 0.5) is 0 Å². The van der Waals surface area contributed by atoms with Crippen LogP contribution in [0.3, 0.4) is 0 Å². The second kappa shape index (κ2) is 16.1. The van der Waals surface area contributed by atoms with Gasteiger partial charge in [-0.1, -0.05) is 50.1 Å². The van der Waals surface area contributed by atoms with Crippen molar-refractivity contribution >= 4 is 65.7 Å². The zero-order chi connectivity index (χ0) is 27.3. The second-order valence-electron chi connectivity index (χ2n) is 7.36. The van der Waals surface area contributed by atoms with Crippen LogP contribution >= 0.6 is 47.8 Å². The van der Waals surface area contributed by atoms with Gasteiger partial charge in [-0.05, 0) is 27.9 Å². The van der Waals surface area contributed by atoms with Gasteiger partial charge < -0.3 is 23.7 Å². The SMILES string of the molecule is C=CCOCc1c(Br)c(COCC=C)c(Br)c(CC(C/C=C/C(=O)OC)(C(=O)OC)C(=O)OC)c1Br. The molecule has 0 amide bonds. The summed E-state index contributed by atoms with van der Waals surface area (Å²) in [6.45, 7) is 8.36. The first-order valence-electron chi connectivity index (χ1n) is 10.6. The van der Waals surface area contributed by atoms with Gasteiger partial charge in [0, 0.05) is 37.0 Å². The summed E-state index contributed by atoms with van der Waals surface area (Å²) in [7, 11) is 3.58. The van der Waals surface area contributed by atoms with Gasteiger partial charge in [-0.3, -0.25) is 9.59 Å². The summed E-state index contributed by atoms with van der Waals surface area (Å²) < 4.78 is 27.9. The highest BCUT2D eigenvalue weighted by Gasteiger charge is 2.48. The highest BCUT2D eigenvalue weighted by atomic mass is 79.9. The van der Waals surface area contributed by atoms with Crippen LogP contribution in [0.5, 0.6) is 0 Å². The number of hydrogen-bond donors (Lipinski definition) is 0. The molecule has 8 nitrogen and oxygen atoms in total. The quantitative estimate of drug-likeness (QED) is 0.0603. The van der Waals surface area contributed by atoms with E-state index in [1.807, 2.05) is 0 Å². The molecular weight excluding hydrogens is 668 g/mol. The third-order valence-corrected chi connectivity index (χ3v) is 7.98. The average Bonchev–Trinajstić information content (AvgIpc) is 2.88. The fourth-order valence-corrected chi connectivity index (χ4v) is 6.04. The molecule has 0 heterocycles. The number of methoxy groups -OCH3 is 3. The van der Waals surface area contributed by atoms with E-state index in [9.17, 15) is 14.4 Å². The van der Waals surface area contributed by atoms with Crippen molar-refractivity contribution in [2.75, 3.05) is 34.5 Å². The van der Waals surface area contributed by atoms with E-state index in [2.05, 4.69) is 65.7 Å². The van der Waals surface area contributed by atoms with Crippen LogP contribution in [-0.4, -0.2) is 52.5 Å². The molecule has 1 aromatic rings. The first-order chi connectivity index (χ1) is 17.1. The van der Waals surface area contributed by atoms with Gasteiger partial charge in [0.25, 0.3) is 0 Å². The Bertz CT molecular complexity index is 947. The summed E-state index contributed by atoms with van der Waals surface area (Å²) in [6.07, 6.45) is 5.46. The maximum Gasteiger partial charge on any atom is 0.330 e. The second-order valence-corrected chi connectivity index (χ2v) is 9.74. The molecule has 0 bridgehead atoms. The molecule has 1 rings (SSSR count). The van der Waals surface area contributed by atoms with Crippen molar-refractivity contribution in [1.29, 1.82) is 0 Å². The predicted molar refractivity (Wildman–Crippen MR) is 145 cm³/mol. The zero-order valence-corrected chi connectivity index (χ0v) is 25.1. The van der Waals surface area contributed by atoms with Crippen LogP contribution in [0.15, 0.2) is 50.9 Å². The number of halogens is 3. The maximum atomic E-state index is 13.1. The number of benzene rings is 1. The van der Waals surface area contributed by atoms with Crippen LogP contribution in [0.2, 0.25) is 0 Å². The largest absolute Gasteiger partial charge is 0.468 e. The molecule has 0 atom stereocenters. The lowest BCUT2D eigenvalue weighted by atomic mass is 9.77. The Hall–Kier alpha value is -1.79. The van der Waals surface area contributed by atoms with Gasteiger partial charge in [0.1, 0.15) is 0 Å². The van der Waals surface area contributed by atoms with Gasteiger partial charge >= 0.3 is 17.9 Å². The number of allylic oxidation sites excluding steroid dienone is 1. The van der Waals surface area contributed by atoms with Crippen LogP contribution in [-0.2, 0) is 57.7 Å². The topological polar surface area (TPSA) is 97.4 Å². The van der Waals surface area contributed by atoms with E-state index >= 15 is 0 Å². The molecule has 0 aromatic heterocycles. The van der Waals surface area contributed by atoms with E-state index in [-0.39, 0.29) is 26.1 Å². The molecule has 0 spiro atoms. The van der Waals surface area contributed by atoms with E-state index in [0.717, 1.165) is 21.7 Å². The third-order valence-electron chi connectivity index (χ3n) is 5.11. The Morgan fingerprint density at radius 3 is 1.61 bits per heavy atom. The Balaban J connectivity index is 3.78. The van der Waals surface area contributed by atoms with Gasteiger partial charge in [0.05, 0.1) is 47.8 Å². The summed E-state index contributed by atoms with van der Waals surface area (Å²) >= 11 is 10.9. The van der Waals surface area contributed by atoms with Gasteiger partial charge in [0.15, 0.2) is 5.41 Å². The van der Waals surface area contributed by atoms with Gasteiger partial charge in [-0.2, -0.15) is 0 Å². The fraction of sp³-hybridized carbons (Fsp3) is 0.400. The molecule has 0 aliphatic heterocycles. The van der Waals surface area contributed by atoms with E-state index in [0.29, 0.717) is 27.7 Å². The minimum Gasteiger partial charge on any atom is -0.468 e. The summed E-state index contributed by atoms with van der Waals surface area (Å²) in [4.78, 5) is 37.8. The lowest BCUT2D eigenvalue weighted by molar-refractivity contribution is -0.169. The molecule has 36 heavy (non-hydrogen) atoms. The molecule has 0 unspecified atom stereocenters. The number of carbonyl (C=O) groups is 3. The summed E-state index contributed by atoms with van der Waals surface area (Å²) in [5.74, 6) is -2.27. The molecule has 1 aromatic carbocycles. The van der Waals surface area contributed by atoms with Crippen molar-refractivity contribution < 1.29 is 38.1 Å². The lowest BCUT2D eigenvalue weighted by Crippen LogP contribution is -2.43. The molecule has 0 saturated carbocycles. The van der Waals surface area contributed by atoms with E-state index < -0.39 is 23.3 Å². The number of hydrogen-bond acceptors (Lipinski definition) is 8. The molecule has 0 aliphatic carbocycles. The number of rotatable bonds is 15. The summed E-state index contributed by atoms with van der Waals surface area (Å²) in [6, 6.07) is 0. The molecule has 0 saturated heterocycles. The molecule has 0 fully saturated rings. The van der Waals surface area contributed by atoms with E-state index in [1.54, 1.807) is 12.2 Å². The molecule has 0 radical (unpaired) electrons. The van der Waals surface area contributed by atoms with Crippen molar-refractivity contribution in [1.82, 2.24) is 0 Å². The van der Waals surface area contributed by atoms with Crippen LogP contribution in [0, 0.1) is 5.41 Å². The average molecular weight is 697 g/mol. The normalized spacial score (nSPS) is 11.3. The highest BCUT2D eigenvalue weighted by Crippen LogP contribution is 2.44. The molecule has 11 heteroatoms. The number of ether oxygens (including phenoxy) is 5. The van der Waals surface area contributed by atoms with Gasteiger partial charge in [0.2, 0.25) is 0 Å². The standard InChI is InChI=1S/C25H29Br3O8/c1-6-11-35-14-17-20(26)16(21(27)18(22(17)28)15-36-12-7-2)13-25(23(30)33-4,24(31)34-5)10-8-9-19(29)32-3/h6-9H,1-2,10-15H2,3-5H3/b9-8+. The van der Waals surface area contributed by atoms with Crippen molar-refractivity contribution in [2.24, 2.45) is 5.41 Å². The van der Waals surface area contributed by atoms with E-state index in [1.165, 1.54) is 27.4 Å².